The predicted octanol–water partition coefficient (Wildman–Crippen LogP) is 3.77. The third-order valence-corrected chi connectivity index (χ3v) is 6.48. The van der Waals surface area contributed by atoms with Gasteiger partial charge in [-0.15, -0.1) is 0 Å². The summed E-state index contributed by atoms with van der Waals surface area (Å²) in [6, 6.07) is 0. The fourth-order valence-electron chi connectivity index (χ4n) is 0.425. The van der Waals surface area contributed by atoms with Crippen molar-refractivity contribution in [2.45, 2.75) is 18.0 Å². The molecular formula is C4H5Cl4O2P. The van der Waals surface area contributed by atoms with Crippen LogP contribution in [-0.4, -0.2) is 9.86 Å². The highest BCUT2D eigenvalue weighted by Gasteiger charge is 2.49. The summed E-state index contributed by atoms with van der Waals surface area (Å²) in [6.45, 7) is 1.52. The highest BCUT2D eigenvalue weighted by Crippen LogP contribution is 2.70. The van der Waals surface area contributed by atoms with E-state index in [1.807, 2.05) is 0 Å². The van der Waals surface area contributed by atoms with Crippen molar-refractivity contribution in [1.29, 1.82) is 0 Å². The fraction of sp³-hybridized carbons (Fsp3) is 0.750. The summed E-state index contributed by atoms with van der Waals surface area (Å²) >= 11 is 21.0. The highest BCUT2D eigenvalue weighted by atomic mass is 35.9. The van der Waals surface area contributed by atoms with Gasteiger partial charge in [0.05, 0.1) is 0 Å². The summed E-state index contributed by atoms with van der Waals surface area (Å²) in [5.41, 5.74) is 0. The van der Waals surface area contributed by atoms with Gasteiger partial charge in [-0.3, -0.25) is 9.36 Å². The maximum absolute atomic E-state index is 11.0. The maximum Gasteiger partial charge on any atom is 0.282 e. The molecule has 1 unspecified atom stereocenters. The Bertz CT molecular complexity index is 212. The van der Waals surface area contributed by atoms with Gasteiger partial charge >= 0.3 is 0 Å². The lowest BCUT2D eigenvalue weighted by Crippen LogP contribution is -2.24. The van der Waals surface area contributed by atoms with Crippen LogP contribution in [0.1, 0.15) is 13.3 Å². The van der Waals surface area contributed by atoms with Crippen molar-refractivity contribution >= 4 is 56.8 Å². The van der Waals surface area contributed by atoms with Crippen molar-refractivity contribution in [2.24, 2.45) is 0 Å². The van der Waals surface area contributed by atoms with Crippen LogP contribution < -0.4 is 0 Å². The molecule has 11 heavy (non-hydrogen) atoms. The molecule has 0 aliphatic heterocycles. The summed E-state index contributed by atoms with van der Waals surface area (Å²) in [5, 5.41) is -0.991. The molecule has 0 radical (unpaired) electrons. The Morgan fingerprint density at radius 3 is 1.91 bits per heavy atom. The van der Waals surface area contributed by atoms with Crippen molar-refractivity contribution in [2.75, 3.05) is 0 Å². The second kappa shape index (κ2) is 3.85. The van der Waals surface area contributed by atoms with Crippen LogP contribution >= 0.6 is 51.5 Å². The Balaban J connectivity index is 4.92. The lowest BCUT2D eigenvalue weighted by Gasteiger charge is -2.20. The smallest absolute Gasteiger partial charge is 0.282 e. The molecule has 0 bridgehead atoms. The fourth-order valence-corrected chi connectivity index (χ4v) is 2.93. The second-order valence-electron chi connectivity index (χ2n) is 1.85. The van der Waals surface area contributed by atoms with E-state index in [0.29, 0.717) is 0 Å². The molecule has 0 aromatic rings. The van der Waals surface area contributed by atoms with Gasteiger partial charge in [-0.25, -0.2) is 0 Å². The van der Waals surface area contributed by atoms with Gasteiger partial charge in [-0.1, -0.05) is 18.5 Å². The van der Waals surface area contributed by atoms with E-state index in [9.17, 15) is 9.36 Å². The van der Waals surface area contributed by atoms with E-state index >= 15 is 0 Å². The first kappa shape index (κ1) is 12.1. The van der Waals surface area contributed by atoms with E-state index in [-0.39, 0.29) is 6.42 Å². The van der Waals surface area contributed by atoms with Crippen molar-refractivity contribution in [3.05, 3.63) is 0 Å². The number of hydrogen-bond donors (Lipinski definition) is 0. The molecule has 66 valence electrons. The molecule has 1 atom stereocenters. The molecule has 0 aliphatic carbocycles. The predicted molar refractivity (Wildman–Crippen MR) is 49.0 cm³/mol. The quantitative estimate of drug-likeness (QED) is 0.438. The summed E-state index contributed by atoms with van der Waals surface area (Å²) < 4.78 is 9.17. The Morgan fingerprint density at radius 2 is 1.91 bits per heavy atom. The Hall–Kier alpha value is 1.06. The van der Waals surface area contributed by atoms with E-state index in [1.54, 1.807) is 0 Å². The number of halogens is 4. The van der Waals surface area contributed by atoms with Crippen molar-refractivity contribution < 1.29 is 9.36 Å². The maximum atomic E-state index is 11.0. The molecule has 0 saturated carbocycles. The molecule has 0 N–H and O–H groups in total. The van der Waals surface area contributed by atoms with Crippen LogP contribution in [0.25, 0.3) is 0 Å². The first-order valence-corrected chi connectivity index (χ1v) is 6.91. The van der Waals surface area contributed by atoms with Crippen LogP contribution in [-0.2, 0) is 9.36 Å². The van der Waals surface area contributed by atoms with E-state index < -0.39 is 15.7 Å². The third kappa shape index (κ3) is 2.50. The lowest BCUT2D eigenvalue weighted by molar-refractivity contribution is -0.112. The number of hydrogen-bond acceptors (Lipinski definition) is 2. The molecule has 0 fully saturated rings. The topological polar surface area (TPSA) is 34.1 Å². The van der Waals surface area contributed by atoms with Gasteiger partial charge in [0.1, 0.15) is 0 Å². The van der Waals surface area contributed by atoms with E-state index in [1.165, 1.54) is 6.92 Å². The van der Waals surface area contributed by atoms with E-state index in [2.05, 4.69) is 0 Å². The average molecular weight is 258 g/mol. The molecule has 0 aliphatic rings. The number of rotatable bonds is 3. The van der Waals surface area contributed by atoms with Gasteiger partial charge in [0.25, 0.3) is 11.1 Å². The molecule has 0 rings (SSSR count). The zero-order chi connectivity index (χ0) is 9.28. The summed E-state index contributed by atoms with van der Waals surface area (Å²) in [6.07, 6.45) is 0.0289. The van der Waals surface area contributed by atoms with Crippen LogP contribution in [0, 0.1) is 0 Å². The molecule has 0 aromatic carbocycles. The first-order valence-electron chi connectivity index (χ1n) is 2.64. The van der Waals surface area contributed by atoms with Gasteiger partial charge in [0.2, 0.25) is 0 Å². The van der Waals surface area contributed by atoms with Gasteiger partial charge < -0.3 is 0 Å². The molecular weight excluding hydrogens is 253 g/mol. The standard InChI is InChI=1S/C4H5Cl4O2P/c1-2-4(6,3(5)9)11(7,8)10/h2H2,1H3. The van der Waals surface area contributed by atoms with E-state index in [0.717, 1.165) is 0 Å². The highest BCUT2D eigenvalue weighted by molar-refractivity contribution is 8.11. The van der Waals surface area contributed by atoms with E-state index in [4.69, 9.17) is 45.7 Å². The molecule has 0 amide bonds. The number of alkyl halides is 1. The summed E-state index contributed by atoms with van der Waals surface area (Å²) in [5.74, 6) is -3.72. The molecule has 7 heteroatoms. The normalized spacial score (nSPS) is 17.5. The first-order chi connectivity index (χ1) is 4.75. The summed E-state index contributed by atoms with van der Waals surface area (Å²) in [7, 11) is 0. The average Bonchev–Trinajstić information content (AvgIpc) is 1.83. The van der Waals surface area contributed by atoms with Crippen LogP contribution in [0.3, 0.4) is 0 Å². The summed E-state index contributed by atoms with van der Waals surface area (Å²) in [4.78, 5) is 10.6. The van der Waals surface area contributed by atoms with Gasteiger partial charge in [0, 0.05) is 0 Å². The number of carbonyl (C=O) groups is 1. The van der Waals surface area contributed by atoms with Crippen LogP contribution in [0.4, 0.5) is 0 Å². The number of carbonyl (C=O) groups excluding carboxylic acids is 1. The molecule has 2 nitrogen and oxygen atoms in total. The Morgan fingerprint density at radius 1 is 1.55 bits per heavy atom. The molecule has 0 saturated heterocycles. The second-order valence-corrected chi connectivity index (χ2v) is 8.16. The Kier molecular flexibility index (Phi) is 4.22. The lowest BCUT2D eigenvalue weighted by atomic mass is 10.3. The Labute approximate surface area is 84.1 Å². The SMILES string of the molecule is CCC(Cl)(C(=O)Cl)P(=O)(Cl)Cl. The minimum atomic E-state index is -3.72. The van der Waals surface area contributed by atoms with Crippen molar-refractivity contribution in [3.63, 3.8) is 0 Å². The van der Waals surface area contributed by atoms with Gasteiger partial charge in [0.15, 0.2) is 4.62 Å². The monoisotopic (exact) mass is 256 g/mol. The van der Waals surface area contributed by atoms with Gasteiger partial charge in [-0.05, 0) is 40.5 Å². The van der Waals surface area contributed by atoms with Crippen molar-refractivity contribution in [3.8, 4) is 0 Å². The minimum absolute atomic E-state index is 0.0289. The van der Waals surface area contributed by atoms with Crippen molar-refractivity contribution in [1.82, 2.24) is 0 Å². The largest absolute Gasteiger partial charge is 0.287 e. The van der Waals surface area contributed by atoms with Crippen LogP contribution in [0.5, 0.6) is 0 Å². The molecule has 0 heterocycles. The van der Waals surface area contributed by atoms with Crippen LogP contribution in [0.2, 0.25) is 0 Å². The van der Waals surface area contributed by atoms with Gasteiger partial charge in [-0.2, -0.15) is 0 Å². The third-order valence-electron chi connectivity index (χ3n) is 1.18. The molecule has 0 aromatic heterocycles. The minimum Gasteiger partial charge on any atom is -0.287 e. The molecule has 0 spiro atoms. The zero-order valence-electron chi connectivity index (χ0n) is 5.48. The van der Waals surface area contributed by atoms with Crippen LogP contribution in [0.15, 0.2) is 0 Å². The zero-order valence-corrected chi connectivity index (χ0v) is 9.40.